The number of halogens is 1. The van der Waals surface area contributed by atoms with Gasteiger partial charge >= 0.3 is 0 Å². The van der Waals surface area contributed by atoms with Crippen molar-refractivity contribution < 1.29 is 9.59 Å². The van der Waals surface area contributed by atoms with Crippen molar-refractivity contribution >= 4 is 39.5 Å². The summed E-state index contributed by atoms with van der Waals surface area (Å²) in [5.74, 6) is -0.579. The average Bonchev–Trinajstić information content (AvgIpc) is 2.58. The predicted octanol–water partition coefficient (Wildman–Crippen LogP) is 3.91. The van der Waals surface area contributed by atoms with E-state index in [9.17, 15) is 9.59 Å². The number of rotatable bonds is 5. The van der Waals surface area contributed by atoms with Crippen molar-refractivity contribution in [1.82, 2.24) is 5.32 Å². The summed E-state index contributed by atoms with van der Waals surface area (Å²) in [5.41, 5.74) is 2.58. The summed E-state index contributed by atoms with van der Waals surface area (Å²) >= 11 is 3.43. The normalized spacial score (nSPS) is 12.0. The van der Waals surface area contributed by atoms with Crippen LogP contribution in [0, 0.1) is 6.92 Å². The highest BCUT2D eigenvalue weighted by atomic mass is 79.9. The minimum atomic E-state index is -0.642. The Balaban J connectivity index is 1.92. The van der Waals surface area contributed by atoms with Crippen LogP contribution in [0.25, 0.3) is 6.08 Å². The maximum absolute atomic E-state index is 12.2. The molecule has 0 saturated heterocycles. The molecular formula is C19H19BrN2O2. The van der Waals surface area contributed by atoms with Crippen LogP contribution in [0.3, 0.4) is 0 Å². The number of hydrogen-bond donors (Lipinski definition) is 2. The van der Waals surface area contributed by atoms with Crippen LogP contribution in [0.2, 0.25) is 0 Å². The zero-order valence-electron chi connectivity index (χ0n) is 13.5. The Morgan fingerprint density at radius 2 is 1.79 bits per heavy atom. The third-order valence-electron chi connectivity index (χ3n) is 3.50. The van der Waals surface area contributed by atoms with Crippen LogP contribution in [0.4, 0.5) is 5.69 Å². The Kier molecular flexibility index (Phi) is 6.32. The second-order valence-corrected chi connectivity index (χ2v) is 6.23. The van der Waals surface area contributed by atoms with Gasteiger partial charge in [0.15, 0.2) is 0 Å². The first kappa shape index (κ1) is 17.9. The van der Waals surface area contributed by atoms with Gasteiger partial charge in [0, 0.05) is 16.2 Å². The lowest BCUT2D eigenvalue weighted by Gasteiger charge is -2.15. The molecule has 0 fully saturated rings. The van der Waals surface area contributed by atoms with E-state index in [1.807, 2.05) is 55.5 Å². The van der Waals surface area contributed by atoms with Crippen molar-refractivity contribution in [2.45, 2.75) is 19.9 Å². The first-order chi connectivity index (χ1) is 11.5. The van der Waals surface area contributed by atoms with Gasteiger partial charge in [0.05, 0.1) is 0 Å². The molecule has 1 unspecified atom stereocenters. The summed E-state index contributed by atoms with van der Waals surface area (Å²) < 4.78 is 0.919. The van der Waals surface area contributed by atoms with E-state index < -0.39 is 6.04 Å². The summed E-state index contributed by atoms with van der Waals surface area (Å²) in [6, 6.07) is 14.4. The molecule has 2 amide bonds. The third kappa shape index (κ3) is 5.06. The number of anilines is 1. The second kappa shape index (κ2) is 8.45. The number of hydrogen-bond acceptors (Lipinski definition) is 2. The lowest BCUT2D eigenvalue weighted by atomic mass is 10.2. The lowest BCUT2D eigenvalue weighted by Crippen LogP contribution is -2.41. The quantitative estimate of drug-likeness (QED) is 0.765. The second-order valence-electron chi connectivity index (χ2n) is 5.38. The van der Waals surface area contributed by atoms with Gasteiger partial charge in [-0.2, -0.15) is 0 Å². The number of amides is 2. The molecule has 124 valence electrons. The Morgan fingerprint density at radius 1 is 1.08 bits per heavy atom. The molecule has 0 bridgehead atoms. The van der Waals surface area contributed by atoms with Gasteiger partial charge in [0.1, 0.15) is 6.04 Å². The molecule has 2 aromatic carbocycles. The maximum Gasteiger partial charge on any atom is 0.246 e. The molecule has 4 nitrogen and oxygen atoms in total. The fraction of sp³-hybridized carbons (Fsp3) is 0.158. The molecule has 0 aromatic heterocycles. The Labute approximate surface area is 150 Å². The molecule has 2 N–H and O–H groups in total. The van der Waals surface area contributed by atoms with Crippen LogP contribution >= 0.6 is 15.9 Å². The van der Waals surface area contributed by atoms with Crippen molar-refractivity contribution in [3.8, 4) is 0 Å². The molecule has 0 saturated carbocycles. The van der Waals surface area contributed by atoms with Gasteiger partial charge in [0.2, 0.25) is 11.8 Å². The molecule has 0 aliphatic carbocycles. The van der Waals surface area contributed by atoms with E-state index in [1.54, 1.807) is 13.0 Å². The van der Waals surface area contributed by atoms with Gasteiger partial charge in [-0.3, -0.25) is 9.59 Å². The van der Waals surface area contributed by atoms with Crippen molar-refractivity contribution in [2.75, 3.05) is 5.32 Å². The Hall–Kier alpha value is -2.40. The van der Waals surface area contributed by atoms with E-state index in [1.165, 1.54) is 6.08 Å². The minimum absolute atomic E-state index is 0.266. The van der Waals surface area contributed by atoms with Gasteiger partial charge < -0.3 is 10.6 Å². The van der Waals surface area contributed by atoms with Gasteiger partial charge in [-0.25, -0.2) is 0 Å². The number of carbonyl (C=O) groups is 2. The molecule has 0 aliphatic rings. The SMILES string of the molecule is Cc1c(Br)cccc1NC(=O)C(C)NC(=O)/C=C/c1ccccc1. The zero-order valence-corrected chi connectivity index (χ0v) is 15.1. The van der Waals surface area contributed by atoms with Crippen LogP contribution in [0.1, 0.15) is 18.1 Å². The molecule has 5 heteroatoms. The van der Waals surface area contributed by atoms with Crippen LogP contribution in [0.5, 0.6) is 0 Å². The number of nitrogens with one attached hydrogen (secondary N) is 2. The number of benzene rings is 2. The fourth-order valence-electron chi connectivity index (χ4n) is 2.05. The summed E-state index contributed by atoms with van der Waals surface area (Å²) in [4.78, 5) is 24.1. The van der Waals surface area contributed by atoms with Crippen LogP contribution < -0.4 is 10.6 Å². The smallest absolute Gasteiger partial charge is 0.246 e. The highest BCUT2D eigenvalue weighted by molar-refractivity contribution is 9.10. The topological polar surface area (TPSA) is 58.2 Å². The Morgan fingerprint density at radius 3 is 2.50 bits per heavy atom. The van der Waals surface area contributed by atoms with E-state index in [-0.39, 0.29) is 11.8 Å². The summed E-state index contributed by atoms with van der Waals surface area (Å²) in [7, 11) is 0. The van der Waals surface area contributed by atoms with E-state index >= 15 is 0 Å². The molecule has 0 radical (unpaired) electrons. The molecule has 2 rings (SSSR count). The van der Waals surface area contributed by atoms with Gasteiger partial charge in [0.25, 0.3) is 0 Å². The molecule has 0 heterocycles. The van der Waals surface area contributed by atoms with Crippen molar-refractivity contribution in [2.24, 2.45) is 0 Å². The molecule has 0 aliphatic heterocycles. The van der Waals surface area contributed by atoms with Crippen molar-refractivity contribution in [1.29, 1.82) is 0 Å². The fourth-order valence-corrected chi connectivity index (χ4v) is 2.41. The van der Waals surface area contributed by atoms with Crippen molar-refractivity contribution in [3.05, 3.63) is 70.2 Å². The Bertz CT molecular complexity index is 757. The molecule has 2 aromatic rings. The standard InChI is InChI=1S/C19H19BrN2O2/c1-13-16(20)9-6-10-17(13)22-19(24)14(2)21-18(23)12-11-15-7-4-3-5-8-15/h3-12,14H,1-2H3,(H,21,23)(H,22,24)/b12-11+. The summed E-state index contributed by atoms with van der Waals surface area (Å²) in [6.07, 6.45) is 3.13. The molecule has 24 heavy (non-hydrogen) atoms. The third-order valence-corrected chi connectivity index (χ3v) is 4.36. The summed E-state index contributed by atoms with van der Waals surface area (Å²) in [6.45, 7) is 3.56. The molecular weight excluding hydrogens is 368 g/mol. The molecule has 0 spiro atoms. The highest BCUT2D eigenvalue weighted by Gasteiger charge is 2.15. The van der Waals surface area contributed by atoms with E-state index in [4.69, 9.17) is 0 Å². The maximum atomic E-state index is 12.2. The van der Waals surface area contributed by atoms with Crippen molar-refractivity contribution in [3.63, 3.8) is 0 Å². The highest BCUT2D eigenvalue weighted by Crippen LogP contribution is 2.23. The first-order valence-electron chi connectivity index (χ1n) is 7.57. The van der Waals surface area contributed by atoms with Crippen LogP contribution in [-0.2, 0) is 9.59 Å². The van der Waals surface area contributed by atoms with Crippen LogP contribution in [0.15, 0.2) is 59.1 Å². The van der Waals surface area contributed by atoms with E-state index in [0.717, 1.165) is 21.3 Å². The van der Waals surface area contributed by atoms with Gasteiger partial charge in [-0.15, -0.1) is 0 Å². The molecule has 1 atom stereocenters. The zero-order chi connectivity index (χ0) is 17.5. The predicted molar refractivity (Wildman–Crippen MR) is 101 cm³/mol. The first-order valence-corrected chi connectivity index (χ1v) is 8.36. The van der Waals surface area contributed by atoms with E-state index in [0.29, 0.717) is 0 Å². The van der Waals surface area contributed by atoms with E-state index in [2.05, 4.69) is 26.6 Å². The number of carbonyl (C=O) groups excluding carboxylic acids is 2. The van der Waals surface area contributed by atoms with Gasteiger partial charge in [-0.05, 0) is 43.2 Å². The monoisotopic (exact) mass is 386 g/mol. The average molecular weight is 387 g/mol. The van der Waals surface area contributed by atoms with Crippen LogP contribution in [-0.4, -0.2) is 17.9 Å². The minimum Gasteiger partial charge on any atom is -0.341 e. The summed E-state index contributed by atoms with van der Waals surface area (Å²) in [5, 5.41) is 5.48. The lowest BCUT2D eigenvalue weighted by molar-refractivity contribution is -0.123. The van der Waals surface area contributed by atoms with Gasteiger partial charge in [-0.1, -0.05) is 52.3 Å². The largest absolute Gasteiger partial charge is 0.341 e.